The Balaban J connectivity index is 1.12. The molecule has 45 heavy (non-hydrogen) atoms. The van der Waals surface area contributed by atoms with Crippen molar-refractivity contribution in [3.8, 4) is 33.0 Å². The lowest BCUT2D eigenvalue weighted by atomic mass is 10.0. The second kappa shape index (κ2) is 11.5. The van der Waals surface area contributed by atoms with E-state index in [9.17, 15) is 10.5 Å². The first-order valence-electron chi connectivity index (χ1n) is 13.4. The van der Waals surface area contributed by atoms with E-state index in [0.717, 1.165) is 86.5 Å². The molecule has 0 bridgehead atoms. The summed E-state index contributed by atoms with van der Waals surface area (Å²) in [4.78, 5) is 4.02. The van der Waals surface area contributed by atoms with Crippen LogP contribution in [-0.2, 0) is 0 Å². The molecule has 0 fully saturated rings. The Kier molecular flexibility index (Phi) is 7.06. The first-order chi connectivity index (χ1) is 22.2. The summed E-state index contributed by atoms with van der Waals surface area (Å²) < 4.78 is 22.6. The first kappa shape index (κ1) is 27.6. The normalized spacial score (nSPS) is 12.2. The highest BCUT2D eigenvalue weighted by molar-refractivity contribution is 7.17. The molecule has 7 nitrogen and oxygen atoms in total. The van der Waals surface area contributed by atoms with E-state index in [2.05, 4.69) is 58.3 Å². The highest BCUT2D eigenvalue weighted by Crippen LogP contribution is 2.40. The molecule has 5 heterocycles. The van der Waals surface area contributed by atoms with Gasteiger partial charge in [-0.3, -0.25) is 0 Å². The summed E-state index contributed by atoms with van der Waals surface area (Å²) in [7, 11) is 0. The molecule has 0 atom stereocenters. The molecular weight excluding hydrogens is 655 g/mol. The van der Waals surface area contributed by atoms with Gasteiger partial charge in [0.2, 0.25) is 0 Å². The lowest BCUT2D eigenvalue weighted by Crippen LogP contribution is -1.84. The molecule has 0 N–H and O–H groups in total. The van der Waals surface area contributed by atoms with Gasteiger partial charge >= 0.3 is 0 Å². The standard InChI is InChI=1S/C33H15N7S5/c34-15-19(23-4-1-3-18-17-41-37-30(18)23)13-21-7-11-28(42-21)25-9-10-26(33-32(25)39-45-40-33)29-12-8-22(43-29)14-20(16-35)24-5-2-6-27-31(24)38-44-36-27/h1-14,17H/b19-13+,20-14+. The third-order valence-electron chi connectivity index (χ3n) is 7.27. The average molecular weight is 670 g/mol. The highest BCUT2D eigenvalue weighted by Gasteiger charge is 2.17. The topological polar surface area (TPSA) is 112 Å². The Labute approximate surface area is 276 Å². The summed E-state index contributed by atoms with van der Waals surface area (Å²) in [5.74, 6) is 0. The van der Waals surface area contributed by atoms with E-state index < -0.39 is 0 Å². The van der Waals surface area contributed by atoms with Crippen LogP contribution in [0, 0.1) is 22.7 Å². The summed E-state index contributed by atoms with van der Waals surface area (Å²) in [6.45, 7) is 0. The van der Waals surface area contributed by atoms with Crippen molar-refractivity contribution in [1.29, 1.82) is 10.5 Å². The molecule has 0 amide bonds. The Hall–Kier alpha value is -4.95. The largest absolute Gasteiger partial charge is 0.192 e. The van der Waals surface area contributed by atoms with Crippen molar-refractivity contribution in [2.45, 2.75) is 0 Å². The van der Waals surface area contributed by atoms with Gasteiger partial charge in [-0.2, -0.15) is 32.4 Å². The van der Waals surface area contributed by atoms with Crippen molar-refractivity contribution in [3.05, 3.63) is 99.1 Å². The number of thiophene rings is 2. The van der Waals surface area contributed by atoms with Crippen LogP contribution in [0.4, 0.5) is 0 Å². The number of allylic oxidation sites excluding steroid dienone is 2. The molecule has 3 aromatic carbocycles. The quantitative estimate of drug-likeness (QED) is 0.162. The minimum absolute atomic E-state index is 0.544. The molecule has 5 aromatic heterocycles. The second-order valence-corrected chi connectivity index (χ2v) is 13.8. The Morgan fingerprint density at radius 1 is 0.578 bits per heavy atom. The number of rotatable bonds is 6. The zero-order valence-electron chi connectivity index (χ0n) is 22.8. The van der Waals surface area contributed by atoms with Crippen LogP contribution < -0.4 is 0 Å². The van der Waals surface area contributed by atoms with E-state index in [-0.39, 0.29) is 0 Å². The monoisotopic (exact) mass is 669 g/mol. The maximum Gasteiger partial charge on any atom is 0.114 e. The number of aromatic nitrogens is 5. The molecule has 0 spiro atoms. The van der Waals surface area contributed by atoms with Crippen LogP contribution in [0.3, 0.4) is 0 Å². The molecule has 0 radical (unpaired) electrons. The third kappa shape index (κ3) is 4.95. The summed E-state index contributed by atoms with van der Waals surface area (Å²) in [5.41, 5.74) is 8.80. The highest BCUT2D eigenvalue weighted by atomic mass is 32.1. The zero-order valence-corrected chi connectivity index (χ0v) is 26.9. The van der Waals surface area contributed by atoms with Gasteiger partial charge in [0.05, 0.1) is 52.3 Å². The van der Waals surface area contributed by atoms with E-state index in [1.807, 2.05) is 66.1 Å². The average Bonchev–Trinajstić information content (AvgIpc) is 3.91. The van der Waals surface area contributed by atoms with Gasteiger partial charge in [-0.15, -0.1) is 22.7 Å². The minimum atomic E-state index is 0.544. The van der Waals surface area contributed by atoms with E-state index in [4.69, 9.17) is 0 Å². The summed E-state index contributed by atoms with van der Waals surface area (Å²) in [6, 6.07) is 28.7. The van der Waals surface area contributed by atoms with Crippen LogP contribution >= 0.6 is 57.7 Å². The molecule has 0 saturated carbocycles. The van der Waals surface area contributed by atoms with Crippen molar-refractivity contribution >= 4 is 114 Å². The van der Waals surface area contributed by atoms with E-state index in [1.54, 1.807) is 22.7 Å². The van der Waals surface area contributed by atoms with Crippen LogP contribution in [0.2, 0.25) is 0 Å². The van der Waals surface area contributed by atoms with Gasteiger partial charge in [0.25, 0.3) is 0 Å². The Morgan fingerprint density at radius 2 is 1.16 bits per heavy atom. The fraction of sp³-hybridized carbons (Fsp3) is 0. The number of nitrogens with zero attached hydrogens (tertiary/aromatic N) is 7. The minimum Gasteiger partial charge on any atom is -0.192 e. The molecule has 212 valence electrons. The van der Waals surface area contributed by atoms with Crippen LogP contribution in [0.15, 0.2) is 78.2 Å². The summed E-state index contributed by atoms with van der Waals surface area (Å²) >= 11 is 6.94. The molecule has 0 unspecified atom stereocenters. The van der Waals surface area contributed by atoms with E-state index in [1.165, 1.54) is 23.3 Å². The number of fused-ring (bicyclic) bond motifs is 3. The van der Waals surface area contributed by atoms with Gasteiger partial charge in [0.1, 0.15) is 22.1 Å². The third-order valence-corrected chi connectivity index (χ3v) is 11.1. The Bertz CT molecular complexity index is 2370. The molecule has 0 saturated heterocycles. The molecule has 0 aliphatic carbocycles. The van der Waals surface area contributed by atoms with Gasteiger partial charge < -0.3 is 0 Å². The SMILES string of the molecule is N#C/C(=C\c1ccc(-c2ccc(-c3ccc(/C=C(\C#N)c4cccc5nsnc45)s3)c3nsnc23)s1)c1cccc2csnc12. The second-order valence-electron chi connectivity index (χ2n) is 9.86. The predicted molar refractivity (Wildman–Crippen MR) is 188 cm³/mol. The lowest BCUT2D eigenvalue weighted by Gasteiger charge is -2.03. The first-order valence-corrected chi connectivity index (χ1v) is 17.4. The molecule has 12 heteroatoms. The smallest absolute Gasteiger partial charge is 0.114 e. The number of hydrogen-bond acceptors (Lipinski definition) is 12. The number of nitriles is 2. The van der Waals surface area contributed by atoms with Crippen molar-refractivity contribution in [2.24, 2.45) is 0 Å². The number of hydrogen-bond donors (Lipinski definition) is 0. The van der Waals surface area contributed by atoms with Crippen LogP contribution in [0.5, 0.6) is 0 Å². The van der Waals surface area contributed by atoms with Gasteiger partial charge in [0.15, 0.2) is 0 Å². The van der Waals surface area contributed by atoms with Crippen molar-refractivity contribution in [2.75, 3.05) is 0 Å². The molecular formula is C33H15N7S5. The van der Waals surface area contributed by atoms with Crippen molar-refractivity contribution in [3.63, 3.8) is 0 Å². The van der Waals surface area contributed by atoms with Gasteiger partial charge in [0, 0.05) is 52.5 Å². The van der Waals surface area contributed by atoms with Crippen LogP contribution in [0.1, 0.15) is 20.9 Å². The van der Waals surface area contributed by atoms with Gasteiger partial charge in [-0.05, 0) is 54.0 Å². The summed E-state index contributed by atoms with van der Waals surface area (Å²) in [5, 5.41) is 23.0. The fourth-order valence-corrected chi connectivity index (χ4v) is 8.92. The van der Waals surface area contributed by atoms with E-state index >= 15 is 0 Å². The fourth-order valence-electron chi connectivity index (χ4n) is 5.17. The molecule has 0 aliphatic rings. The van der Waals surface area contributed by atoms with Crippen molar-refractivity contribution < 1.29 is 0 Å². The van der Waals surface area contributed by atoms with Gasteiger partial charge in [-0.25, -0.2) is 0 Å². The number of benzene rings is 3. The molecule has 8 rings (SSSR count). The summed E-state index contributed by atoms with van der Waals surface area (Å²) in [6.07, 6.45) is 3.83. The molecule has 8 aromatic rings. The van der Waals surface area contributed by atoms with Crippen LogP contribution in [-0.4, -0.2) is 21.9 Å². The molecule has 0 aliphatic heterocycles. The van der Waals surface area contributed by atoms with Gasteiger partial charge in [-0.1, -0.05) is 42.5 Å². The van der Waals surface area contributed by atoms with Crippen molar-refractivity contribution in [1.82, 2.24) is 21.9 Å². The Morgan fingerprint density at radius 3 is 1.80 bits per heavy atom. The predicted octanol–water partition coefficient (Wildman–Crippen LogP) is 9.89. The maximum absolute atomic E-state index is 9.99. The lowest BCUT2D eigenvalue weighted by molar-refractivity contribution is 1.52. The maximum atomic E-state index is 9.99. The van der Waals surface area contributed by atoms with Crippen LogP contribution in [0.25, 0.3) is 77.1 Å². The zero-order chi connectivity index (χ0) is 30.3. The van der Waals surface area contributed by atoms with E-state index in [0.29, 0.717) is 11.1 Å².